The Morgan fingerprint density at radius 1 is 1.33 bits per heavy atom. The first-order chi connectivity index (χ1) is 6.90. The fourth-order valence-corrected chi connectivity index (χ4v) is 1.23. The summed E-state index contributed by atoms with van der Waals surface area (Å²) in [4.78, 5) is 22.4. The molecule has 0 aromatic heterocycles. The fraction of sp³-hybridized carbons (Fsp3) is 0.900. The Balaban J connectivity index is 2.68. The third-order valence-electron chi connectivity index (χ3n) is 2.34. The second kappa shape index (κ2) is 4.26. The number of carbonyl (C=O) groups excluding carboxylic acids is 1. The number of nitrogens with zero attached hydrogens (tertiary/aromatic N) is 1. The molecule has 5 nitrogen and oxygen atoms in total. The summed E-state index contributed by atoms with van der Waals surface area (Å²) in [5.74, 6) is -0.399. The van der Waals surface area contributed by atoms with E-state index in [0.717, 1.165) is 0 Å². The Bertz CT molecular complexity index is 251. The van der Waals surface area contributed by atoms with Crippen LogP contribution in [0, 0.1) is 10.3 Å². The largest absolute Gasteiger partial charge is 0.433 e. The van der Waals surface area contributed by atoms with Gasteiger partial charge in [0.2, 0.25) is 5.72 Å². The molecule has 0 amide bonds. The highest BCUT2D eigenvalue weighted by atomic mass is 16.6. The minimum Gasteiger partial charge on any atom is -0.433 e. The van der Waals surface area contributed by atoms with E-state index in [-0.39, 0.29) is 0 Å². The minimum atomic E-state index is -1.21. The second-order valence-corrected chi connectivity index (χ2v) is 4.79. The van der Waals surface area contributed by atoms with Crippen LogP contribution in [0.2, 0.25) is 0 Å². The van der Waals surface area contributed by atoms with Gasteiger partial charge in [-0.15, -0.1) is 4.91 Å². The maximum Gasteiger partial charge on any atom is 0.313 e. The van der Waals surface area contributed by atoms with Crippen LogP contribution in [0.25, 0.3) is 0 Å². The number of hydrogen-bond donors (Lipinski definition) is 0. The molecule has 15 heavy (non-hydrogen) atoms. The standard InChI is InChI=1S/C10H17NO4/c1-9(2,3)8(12)15-10(11-13)4-6-14-7-5-10/h4-7H2,1-3H3. The summed E-state index contributed by atoms with van der Waals surface area (Å²) in [7, 11) is 0. The highest BCUT2D eigenvalue weighted by molar-refractivity contribution is 5.75. The van der Waals surface area contributed by atoms with Crippen molar-refractivity contribution in [2.45, 2.75) is 39.3 Å². The molecule has 0 N–H and O–H groups in total. The van der Waals surface area contributed by atoms with Crippen molar-refractivity contribution < 1.29 is 14.3 Å². The summed E-state index contributed by atoms with van der Waals surface area (Å²) in [5.41, 5.74) is -1.82. The van der Waals surface area contributed by atoms with Gasteiger partial charge in [-0.3, -0.25) is 4.79 Å². The van der Waals surface area contributed by atoms with Crippen molar-refractivity contribution in [3.63, 3.8) is 0 Å². The van der Waals surface area contributed by atoms with E-state index >= 15 is 0 Å². The van der Waals surface area contributed by atoms with Crippen molar-refractivity contribution in [2.75, 3.05) is 13.2 Å². The van der Waals surface area contributed by atoms with Crippen molar-refractivity contribution in [2.24, 2.45) is 10.6 Å². The molecule has 0 saturated carbocycles. The zero-order chi connectivity index (χ0) is 11.5. The second-order valence-electron chi connectivity index (χ2n) is 4.79. The summed E-state index contributed by atoms with van der Waals surface area (Å²) in [5, 5.41) is 2.96. The molecule has 0 aromatic rings. The third kappa shape index (κ3) is 2.99. The van der Waals surface area contributed by atoms with E-state index in [4.69, 9.17) is 9.47 Å². The molecular weight excluding hydrogens is 198 g/mol. The normalized spacial score (nSPS) is 20.7. The molecule has 86 valence electrons. The van der Waals surface area contributed by atoms with Gasteiger partial charge in [-0.1, -0.05) is 0 Å². The van der Waals surface area contributed by atoms with Crippen molar-refractivity contribution in [1.29, 1.82) is 0 Å². The lowest BCUT2D eigenvalue weighted by atomic mass is 9.96. The summed E-state index contributed by atoms with van der Waals surface area (Å²) in [6.45, 7) is 6.04. The lowest BCUT2D eigenvalue weighted by molar-refractivity contribution is -0.177. The molecule has 0 aromatic carbocycles. The van der Waals surface area contributed by atoms with E-state index in [1.807, 2.05) is 0 Å². The smallest absolute Gasteiger partial charge is 0.313 e. The number of esters is 1. The number of rotatable bonds is 2. The molecule has 0 aliphatic carbocycles. The average Bonchev–Trinajstić information content (AvgIpc) is 2.18. The van der Waals surface area contributed by atoms with E-state index in [0.29, 0.717) is 26.1 Å². The quantitative estimate of drug-likeness (QED) is 0.521. The maximum atomic E-state index is 11.6. The number of hydrogen-bond acceptors (Lipinski definition) is 5. The van der Waals surface area contributed by atoms with Gasteiger partial charge in [-0.25, -0.2) is 0 Å². The molecule has 0 unspecified atom stereocenters. The molecule has 5 heteroatoms. The van der Waals surface area contributed by atoms with Gasteiger partial charge < -0.3 is 9.47 Å². The van der Waals surface area contributed by atoms with Crippen LogP contribution in [0.15, 0.2) is 5.18 Å². The summed E-state index contributed by atoms with van der Waals surface area (Å²) >= 11 is 0. The lowest BCUT2D eigenvalue weighted by Crippen LogP contribution is -2.41. The Hall–Kier alpha value is -0.970. The minimum absolute atomic E-state index is 0.346. The zero-order valence-corrected chi connectivity index (χ0v) is 9.41. The Morgan fingerprint density at radius 3 is 2.27 bits per heavy atom. The average molecular weight is 215 g/mol. The molecule has 0 atom stereocenters. The van der Waals surface area contributed by atoms with Gasteiger partial charge in [-0.2, -0.15) is 0 Å². The van der Waals surface area contributed by atoms with Crippen LogP contribution in [0.3, 0.4) is 0 Å². The molecule has 1 heterocycles. The van der Waals surface area contributed by atoms with Crippen LogP contribution in [0.1, 0.15) is 33.6 Å². The van der Waals surface area contributed by atoms with Crippen molar-refractivity contribution in [1.82, 2.24) is 0 Å². The summed E-state index contributed by atoms with van der Waals surface area (Å²) < 4.78 is 10.3. The highest BCUT2D eigenvalue weighted by Crippen LogP contribution is 2.29. The summed E-state index contributed by atoms with van der Waals surface area (Å²) in [6.07, 6.45) is 0.691. The number of ether oxygens (including phenoxy) is 2. The molecule has 1 aliphatic heterocycles. The topological polar surface area (TPSA) is 65.0 Å². The van der Waals surface area contributed by atoms with Crippen LogP contribution in [-0.2, 0) is 14.3 Å². The van der Waals surface area contributed by atoms with Crippen LogP contribution in [0.4, 0.5) is 0 Å². The SMILES string of the molecule is CC(C)(C)C(=O)OC1(N=O)CCOCC1. The fourth-order valence-electron chi connectivity index (χ4n) is 1.23. The molecular formula is C10H17NO4. The molecule has 1 rings (SSSR count). The first-order valence-electron chi connectivity index (χ1n) is 5.05. The lowest BCUT2D eigenvalue weighted by Gasteiger charge is -2.32. The molecule has 1 aliphatic rings. The first-order valence-corrected chi connectivity index (χ1v) is 5.05. The Kier molecular flexibility index (Phi) is 3.44. The zero-order valence-electron chi connectivity index (χ0n) is 9.41. The highest BCUT2D eigenvalue weighted by Gasteiger charge is 2.40. The van der Waals surface area contributed by atoms with E-state index in [9.17, 15) is 9.70 Å². The third-order valence-corrected chi connectivity index (χ3v) is 2.34. The van der Waals surface area contributed by atoms with Gasteiger partial charge in [0.05, 0.1) is 18.6 Å². The van der Waals surface area contributed by atoms with Crippen LogP contribution >= 0.6 is 0 Å². The predicted octanol–water partition coefficient (Wildman–Crippen LogP) is 1.85. The molecule has 1 fully saturated rings. The van der Waals surface area contributed by atoms with E-state index in [1.54, 1.807) is 20.8 Å². The van der Waals surface area contributed by atoms with Gasteiger partial charge in [0.1, 0.15) is 0 Å². The number of carbonyl (C=O) groups is 1. The maximum absolute atomic E-state index is 11.6. The van der Waals surface area contributed by atoms with Crippen LogP contribution < -0.4 is 0 Å². The Morgan fingerprint density at radius 2 is 1.87 bits per heavy atom. The van der Waals surface area contributed by atoms with Crippen molar-refractivity contribution in [3.05, 3.63) is 4.91 Å². The van der Waals surface area contributed by atoms with Crippen molar-refractivity contribution >= 4 is 5.97 Å². The van der Waals surface area contributed by atoms with Gasteiger partial charge in [-0.05, 0) is 25.9 Å². The van der Waals surface area contributed by atoms with Gasteiger partial charge in [0, 0.05) is 12.8 Å². The van der Waals surface area contributed by atoms with Gasteiger partial charge >= 0.3 is 5.97 Å². The first kappa shape index (κ1) is 12.1. The molecule has 1 saturated heterocycles. The van der Waals surface area contributed by atoms with Crippen LogP contribution in [0.5, 0.6) is 0 Å². The van der Waals surface area contributed by atoms with Gasteiger partial charge in [0.25, 0.3) is 0 Å². The van der Waals surface area contributed by atoms with E-state index in [2.05, 4.69) is 5.18 Å². The van der Waals surface area contributed by atoms with Gasteiger partial charge in [0.15, 0.2) is 0 Å². The van der Waals surface area contributed by atoms with E-state index < -0.39 is 17.1 Å². The number of nitroso groups, excluding NO2 is 1. The van der Waals surface area contributed by atoms with Crippen molar-refractivity contribution in [3.8, 4) is 0 Å². The molecule has 0 radical (unpaired) electrons. The predicted molar refractivity (Wildman–Crippen MR) is 54.1 cm³/mol. The molecule has 0 spiro atoms. The monoisotopic (exact) mass is 215 g/mol. The molecule has 0 bridgehead atoms. The summed E-state index contributed by atoms with van der Waals surface area (Å²) in [6, 6.07) is 0. The Labute approximate surface area is 89.1 Å². The van der Waals surface area contributed by atoms with E-state index in [1.165, 1.54) is 0 Å². The van der Waals surface area contributed by atoms with Crippen LogP contribution in [-0.4, -0.2) is 24.9 Å².